The van der Waals surface area contributed by atoms with Crippen molar-refractivity contribution in [3.8, 4) is 11.5 Å². The minimum atomic E-state index is -0.750. The maximum atomic E-state index is 12.0. The molecular formula is C16H14ClN3O5. The van der Waals surface area contributed by atoms with Gasteiger partial charge < -0.3 is 9.84 Å². The molecule has 0 unspecified atom stereocenters. The number of nitro groups is 1. The number of rotatable bonds is 5. The van der Waals surface area contributed by atoms with Crippen LogP contribution in [0.4, 0.5) is 5.69 Å². The molecule has 0 saturated carbocycles. The first-order valence-corrected chi connectivity index (χ1v) is 7.36. The molecule has 0 heterocycles. The number of nitrogens with one attached hydrogen (secondary N) is 1. The van der Waals surface area contributed by atoms with Crippen LogP contribution in [0.3, 0.4) is 0 Å². The quantitative estimate of drug-likeness (QED) is 0.481. The van der Waals surface area contributed by atoms with Crippen molar-refractivity contribution in [3.63, 3.8) is 0 Å². The molecule has 0 atom stereocenters. The summed E-state index contributed by atoms with van der Waals surface area (Å²) in [6.07, 6.45) is 1.19. The minimum absolute atomic E-state index is 0.0800. The van der Waals surface area contributed by atoms with Gasteiger partial charge in [0.05, 0.1) is 28.8 Å². The summed E-state index contributed by atoms with van der Waals surface area (Å²) >= 11 is 6.00. The van der Waals surface area contributed by atoms with Gasteiger partial charge in [0, 0.05) is 11.6 Å². The third-order valence-corrected chi connectivity index (χ3v) is 3.56. The van der Waals surface area contributed by atoms with Gasteiger partial charge in [-0.3, -0.25) is 14.9 Å². The molecule has 0 radical (unpaired) electrons. The zero-order chi connectivity index (χ0) is 18.6. The first-order valence-electron chi connectivity index (χ1n) is 6.98. The number of carbonyl (C=O) groups is 1. The summed E-state index contributed by atoms with van der Waals surface area (Å²) in [4.78, 5) is 22.2. The second-order valence-electron chi connectivity index (χ2n) is 5.03. The number of methoxy groups -OCH3 is 1. The number of phenolic OH excluding ortho intramolecular Hbond substituents is 1. The number of hydrogen-bond donors (Lipinski definition) is 2. The van der Waals surface area contributed by atoms with Gasteiger partial charge in [-0.2, -0.15) is 5.10 Å². The lowest BCUT2D eigenvalue weighted by Gasteiger charge is -2.05. The predicted octanol–water partition coefficient (Wildman–Crippen LogP) is 3.03. The highest BCUT2D eigenvalue weighted by molar-refractivity contribution is 6.33. The fourth-order valence-corrected chi connectivity index (χ4v) is 2.33. The Hall–Kier alpha value is -3.13. The molecule has 0 bridgehead atoms. The normalized spacial score (nSPS) is 10.7. The average molecular weight is 364 g/mol. The maximum absolute atomic E-state index is 12.0. The zero-order valence-corrected chi connectivity index (χ0v) is 14.1. The molecule has 0 spiro atoms. The molecule has 0 saturated heterocycles. The highest BCUT2D eigenvalue weighted by Gasteiger charge is 2.19. The summed E-state index contributed by atoms with van der Waals surface area (Å²) in [5, 5.41) is 24.7. The van der Waals surface area contributed by atoms with Gasteiger partial charge in [-0.15, -0.1) is 0 Å². The van der Waals surface area contributed by atoms with Crippen LogP contribution in [0.1, 0.15) is 21.5 Å². The topological polar surface area (TPSA) is 114 Å². The van der Waals surface area contributed by atoms with Gasteiger partial charge in [-0.1, -0.05) is 17.7 Å². The Kier molecular flexibility index (Phi) is 5.56. The van der Waals surface area contributed by atoms with Crippen LogP contribution in [-0.2, 0) is 0 Å². The number of nitrogens with zero attached hydrogens (tertiary/aromatic N) is 2. The lowest BCUT2D eigenvalue weighted by molar-refractivity contribution is -0.386. The summed E-state index contributed by atoms with van der Waals surface area (Å²) < 4.78 is 4.88. The average Bonchev–Trinajstić information content (AvgIpc) is 2.55. The van der Waals surface area contributed by atoms with E-state index in [1.807, 2.05) is 6.92 Å². The van der Waals surface area contributed by atoms with Gasteiger partial charge >= 0.3 is 5.69 Å². The van der Waals surface area contributed by atoms with E-state index in [4.69, 9.17) is 16.3 Å². The molecule has 0 aromatic heterocycles. The van der Waals surface area contributed by atoms with Gasteiger partial charge in [0.15, 0.2) is 5.75 Å². The SMILES string of the molecule is COc1cc(C=NNC(=O)c2ccc(C)cc2Cl)cc([N+](=O)[O-])c1O. The van der Waals surface area contributed by atoms with Gasteiger partial charge in [-0.25, -0.2) is 5.43 Å². The van der Waals surface area contributed by atoms with Crippen LogP contribution >= 0.6 is 11.6 Å². The van der Waals surface area contributed by atoms with Crippen LogP contribution in [0.15, 0.2) is 35.4 Å². The summed E-state index contributed by atoms with van der Waals surface area (Å²) in [7, 11) is 1.26. The van der Waals surface area contributed by atoms with Crippen LogP contribution < -0.4 is 10.2 Å². The molecule has 9 heteroatoms. The van der Waals surface area contributed by atoms with Crippen molar-refractivity contribution in [2.45, 2.75) is 6.92 Å². The number of halogens is 1. The third-order valence-electron chi connectivity index (χ3n) is 3.24. The van der Waals surface area contributed by atoms with Crippen LogP contribution in [0.5, 0.6) is 11.5 Å². The number of aromatic hydroxyl groups is 1. The Bertz CT molecular complexity index is 867. The van der Waals surface area contributed by atoms with E-state index >= 15 is 0 Å². The van der Waals surface area contributed by atoms with Crippen molar-refractivity contribution < 1.29 is 19.6 Å². The van der Waals surface area contributed by atoms with Gasteiger partial charge in [0.25, 0.3) is 5.91 Å². The number of benzene rings is 2. The Balaban J connectivity index is 2.20. The van der Waals surface area contributed by atoms with E-state index < -0.39 is 22.3 Å². The number of nitro benzene ring substituents is 1. The van der Waals surface area contributed by atoms with Crippen molar-refractivity contribution in [1.82, 2.24) is 5.43 Å². The predicted molar refractivity (Wildman–Crippen MR) is 92.6 cm³/mol. The van der Waals surface area contributed by atoms with E-state index in [-0.39, 0.29) is 21.9 Å². The van der Waals surface area contributed by atoms with Crippen LogP contribution in [0.25, 0.3) is 0 Å². The number of aryl methyl sites for hydroxylation is 1. The molecule has 0 aliphatic heterocycles. The molecule has 25 heavy (non-hydrogen) atoms. The van der Waals surface area contributed by atoms with Crippen molar-refractivity contribution in [1.29, 1.82) is 0 Å². The first-order chi connectivity index (χ1) is 11.8. The zero-order valence-electron chi connectivity index (χ0n) is 13.3. The second-order valence-corrected chi connectivity index (χ2v) is 5.44. The van der Waals surface area contributed by atoms with E-state index in [0.29, 0.717) is 0 Å². The van der Waals surface area contributed by atoms with Crippen molar-refractivity contribution in [2.24, 2.45) is 5.10 Å². The summed E-state index contributed by atoms with van der Waals surface area (Å²) in [5.41, 5.74) is 3.17. The summed E-state index contributed by atoms with van der Waals surface area (Å²) in [6.45, 7) is 1.84. The molecule has 130 valence electrons. The fourth-order valence-electron chi connectivity index (χ4n) is 2.01. The molecule has 8 nitrogen and oxygen atoms in total. The largest absolute Gasteiger partial charge is 0.500 e. The number of phenols is 1. The van der Waals surface area contributed by atoms with Crippen LogP contribution in [-0.4, -0.2) is 29.3 Å². The van der Waals surface area contributed by atoms with E-state index in [1.165, 1.54) is 19.4 Å². The highest BCUT2D eigenvalue weighted by Crippen LogP contribution is 2.36. The van der Waals surface area contributed by atoms with E-state index in [1.54, 1.807) is 18.2 Å². The molecule has 0 aliphatic carbocycles. The third kappa shape index (κ3) is 4.24. The van der Waals surface area contributed by atoms with Crippen LogP contribution in [0.2, 0.25) is 5.02 Å². The molecule has 0 aliphatic rings. The highest BCUT2D eigenvalue weighted by atomic mass is 35.5. The Labute approximate surface area is 147 Å². The number of amides is 1. The van der Waals surface area contributed by atoms with E-state index in [0.717, 1.165) is 11.6 Å². The Morgan fingerprint density at radius 2 is 2.12 bits per heavy atom. The van der Waals surface area contributed by atoms with Crippen LogP contribution in [0, 0.1) is 17.0 Å². The van der Waals surface area contributed by atoms with Crippen molar-refractivity contribution in [3.05, 3.63) is 62.2 Å². The minimum Gasteiger partial charge on any atom is -0.500 e. The standard InChI is InChI=1S/C16H14ClN3O5/c1-9-3-4-11(12(17)5-9)16(22)19-18-8-10-6-13(20(23)24)15(21)14(7-10)25-2/h3-8,21H,1-2H3,(H,19,22). The monoisotopic (exact) mass is 363 g/mol. The molecule has 2 aromatic rings. The number of hydrazone groups is 1. The Morgan fingerprint density at radius 1 is 1.40 bits per heavy atom. The summed E-state index contributed by atoms with van der Waals surface area (Å²) in [6, 6.07) is 7.40. The lowest BCUT2D eigenvalue weighted by atomic mass is 10.1. The van der Waals surface area contributed by atoms with E-state index in [2.05, 4.69) is 10.5 Å². The number of hydrogen-bond acceptors (Lipinski definition) is 6. The van der Waals surface area contributed by atoms with Gasteiger partial charge in [0.1, 0.15) is 0 Å². The number of carbonyl (C=O) groups excluding carboxylic acids is 1. The molecule has 2 aromatic carbocycles. The molecule has 1 amide bonds. The molecule has 0 fully saturated rings. The molecule has 2 rings (SSSR count). The lowest BCUT2D eigenvalue weighted by Crippen LogP contribution is -2.18. The number of ether oxygens (including phenoxy) is 1. The van der Waals surface area contributed by atoms with Crippen molar-refractivity contribution >= 4 is 29.4 Å². The first kappa shape index (κ1) is 18.2. The van der Waals surface area contributed by atoms with Gasteiger partial charge in [-0.05, 0) is 30.7 Å². The maximum Gasteiger partial charge on any atom is 0.315 e. The van der Waals surface area contributed by atoms with E-state index in [9.17, 15) is 20.0 Å². The summed E-state index contributed by atoms with van der Waals surface area (Å²) in [5.74, 6) is -1.19. The molecular weight excluding hydrogens is 350 g/mol. The van der Waals surface area contributed by atoms with Crippen molar-refractivity contribution in [2.75, 3.05) is 7.11 Å². The smallest absolute Gasteiger partial charge is 0.315 e. The second kappa shape index (κ2) is 7.63. The van der Waals surface area contributed by atoms with Gasteiger partial charge in [0.2, 0.25) is 5.75 Å². The Morgan fingerprint density at radius 3 is 2.72 bits per heavy atom. The molecule has 2 N–H and O–H groups in total. The fraction of sp³-hybridized carbons (Fsp3) is 0.125.